The van der Waals surface area contributed by atoms with E-state index >= 15 is 0 Å². The fourth-order valence-electron chi connectivity index (χ4n) is 8.74. The zero-order chi connectivity index (χ0) is 22.8. The Kier molecular flexibility index (Phi) is 5.74. The molecule has 0 spiro atoms. The van der Waals surface area contributed by atoms with Crippen LogP contribution in [-0.2, 0) is 19.1 Å². The minimum absolute atomic E-state index is 0.000671. The Balaban J connectivity index is 1.59. The van der Waals surface area contributed by atoms with E-state index in [1.807, 2.05) is 0 Å². The van der Waals surface area contributed by atoms with E-state index in [-0.39, 0.29) is 29.4 Å². The summed E-state index contributed by atoms with van der Waals surface area (Å²) in [6.07, 6.45) is 5.80. The van der Waals surface area contributed by atoms with E-state index in [1.54, 1.807) is 6.92 Å². The highest BCUT2D eigenvalue weighted by Gasteiger charge is 2.68. The average Bonchev–Trinajstić information content (AvgIpc) is 2.92. The number of fused-ring (bicyclic) bond motifs is 5. The molecule has 10 atom stereocenters. The number of ether oxygens (including phenoxy) is 2. The van der Waals surface area contributed by atoms with E-state index in [1.165, 1.54) is 13.8 Å². The van der Waals surface area contributed by atoms with Crippen molar-refractivity contribution in [3.8, 4) is 0 Å². The van der Waals surface area contributed by atoms with Gasteiger partial charge in [0.2, 0.25) is 0 Å². The SMILES string of the molecule is CC(=O)O[C@@H]1CC[C@@]2(C)[C@@H](CC[C@@H]3[C@@H]2[C@@H](O)C[C@@]2(C)[C@H]3CC[C@]2(O)[C@H](C)OC(C)=O)C1. The zero-order valence-electron chi connectivity index (χ0n) is 19.7. The topological polar surface area (TPSA) is 93.1 Å². The maximum Gasteiger partial charge on any atom is 0.302 e. The molecular weight excluding hydrogens is 396 g/mol. The molecule has 0 bridgehead atoms. The molecule has 0 aliphatic heterocycles. The minimum Gasteiger partial charge on any atom is -0.463 e. The van der Waals surface area contributed by atoms with Crippen LogP contribution in [0.3, 0.4) is 0 Å². The summed E-state index contributed by atoms with van der Waals surface area (Å²) in [6, 6.07) is 0. The van der Waals surface area contributed by atoms with Crippen molar-refractivity contribution in [2.45, 2.75) is 110 Å². The second-order valence-electron chi connectivity index (χ2n) is 11.5. The van der Waals surface area contributed by atoms with Crippen LogP contribution in [0.15, 0.2) is 0 Å². The van der Waals surface area contributed by atoms with Crippen molar-refractivity contribution in [1.29, 1.82) is 0 Å². The number of hydrogen-bond acceptors (Lipinski definition) is 6. The normalized spacial score (nSPS) is 49.9. The van der Waals surface area contributed by atoms with Gasteiger partial charge in [0, 0.05) is 19.3 Å². The quantitative estimate of drug-likeness (QED) is 0.657. The lowest BCUT2D eigenvalue weighted by Gasteiger charge is -2.63. The summed E-state index contributed by atoms with van der Waals surface area (Å²) in [6.45, 7) is 9.11. The van der Waals surface area contributed by atoms with Crippen molar-refractivity contribution in [3.05, 3.63) is 0 Å². The van der Waals surface area contributed by atoms with Crippen molar-refractivity contribution >= 4 is 11.9 Å². The largest absolute Gasteiger partial charge is 0.463 e. The highest BCUT2D eigenvalue weighted by Crippen LogP contribution is 2.68. The Hall–Kier alpha value is -1.14. The molecule has 0 unspecified atom stereocenters. The average molecular weight is 437 g/mol. The van der Waals surface area contributed by atoms with Gasteiger partial charge in [0.05, 0.1) is 6.10 Å². The molecule has 2 N–H and O–H groups in total. The number of carbonyl (C=O) groups is 2. The van der Waals surface area contributed by atoms with E-state index in [4.69, 9.17) is 9.47 Å². The van der Waals surface area contributed by atoms with Gasteiger partial charge >= 0.3 is 11.9 Å². The Labute approximate surface area is 186 Å². The van der Waals surface area contributed by atoms with Crippen molar-refractivity contribution < 1.29 is 29.3 Å². The zero-order valence-corrected chi connectivity index (χ0v) is 19.7. The van der Waals surface area contributed by atoms with Crippen molar-refractivity contribution in [3.63, 3.8) is 0 Å². The molecule has 0 aromatic rings. The molecule has 0 aromatic carbocycles. The molecule has 4 rings (SSSR count). The molecule has 4 saturated carbocycles. The van der Waals surface area contributed by atoms with Gasteiger partial charge in [-0.2, -0.15) is 0 Å². The summed E-state index contributed by atoms with van der Waals surface area (Å²) in [5, 5.41) is 23.3. The van der Waals surface area contributed by atoms with Gasteiger partial charge in [-0.3, -0.25) is 9.59 Å². The molecule has 4 aliphatic carbocycles. The highest BCUT2D eigenvalue weighted by molar-refractivity contribution is 5.66. The third kappa shape index (κ3) is 3.43. The molecule has 0 saturated heterocycles. The smallest absolute Gasteiger partial charge is 0.302 e. The minimum atomic E-state index is -1.11. The molecule has 0 radical (unpaired) electrons. The first-order valence-electron chi connectivity index (χ1n) is 12.2. The number of rotatable bonds is 3. The lowest BCUT2D eigenvalue weighted by Crippen LogP contribution is -2.63. The molecule has 6 nitrogen and oxygen atoms in total. The van der Waals surface area contributed by atoms with Gasteiger partial charge in [-0.1, -0.05) is 13.8 Å². The highest BCUT2D eigenvalue weighted by atomic mass is 16.6. The summed E-state index contributed by atoms with van der Waals surface area (Å²) in [5.41, 5.74) is -1.55. The lowest BCUT2D eigenvalue weighted by atomic mass is 9.43. The Bertz CT molecular complexity index is 738. The van der Waals surface area contributed by atoms with Gasteiger partial charge in [0.1, 0.15) is 17.8 Å². The van der Waals surface area contributed by atoms with Gasteiger partial charge in [0.15, 0.2) is 0 Å². The second kappa shape index (κ2) is 7.72. The molecule has 0 aromatic heterocycles. The number of hydrogen-bond donors (Lipinski definition) is 2. The van der Waals surface area contributed by atoms with Crippen LogP contribution in [0.4, 0.5) is 0 Å². The number of aliphatic hydroxyl groups excluding tert-OH is 1. The van der Waals surface area contributed by atoms with Crippen molar-refractivity contribution in [2.75, 3.05) is 0 Å². The molecule has 176 valence electrons. The summed E-state index contributed by atoms with van der Waals surface area (Å²) in [7, 11) is 0. The van der Waals surface area contributed by atoms with Crippen LogP contribution in [0, 0.1) is 34.5 Å². The van der Waals surface area contributed by atoms with Gasteiger partial charge in [-0.15, -0.1) is 0 Å². The lowest BCUT2D eigenvalue weighted by molar-refractivity contribution is -0.224. The fourth-order valence-corrected chi connectivity index (χ4v) is 8.74. The summed E-state index contributed by atoms with van der Waals surface area (Å²) in [4.78, 5) is 23.0. The van der Waals surface area contributed by atoms with Gasteiger partial charge < -0.3 is 19.7 Å². The number of esters is 2. The third-order valence-electron chi connectivity index (χ3n) is 10.1. The van der Waals surface area contributed by atoms with E-state index in [2.05, 4.69) is 13.8 Å². The molecule has 4 fully saturated rings. The van der Waals surface area contributed by atoms with Gasteiger partial charge in [-0.05, 0) is 87.4 Å². The van der Waals surface area contributed by atoms with Gasteiger partial charge in [0.25, 0.3) is 0 Å². The first-order chi connectivity index (χ1) is 14.4. The van der Waals surface area contributed by atoms with Gasteiger partial charge in [-0.25, -0.2) is 0 Å². The van der Waals surface area contributed by atoms with E-state index in [0.717, 1.165) is 38.5 Å². The van der Waals surface area contributed by atoms with E-state index < -0.39 is 23.2 Å². The maximum absolute atomic E-state index is 11.7. The molecule has 0 heterocycles. The predicted octanol–water partition coefficient (Wildman–Crippen LogP) is 3.61. The summed E-state index contributed by atoms with van der Waals surface area (Å²) >= 11 is 0. The number of carbonyl (C=O) groups excluding carboxylic acids is 2. The van der Waals surface area contributed by atoms with E-state index in [0.29, 0.717) is 30.6 Å². The molecular formula is C25H40O6. The van der Waals surface area contributed by atoms with Crippen LogP contribution in [0.2, 0.25) is 0 Å². The number of aliphatic hydroxyl groups is 2. The first-order valence-corrected chi connectivity index (χ1v) is 12.2. The van der Waals surface area contributed by atoms with Crippen LogP contribution < -0.4 is 0 Å². The third-order valence-corrected chi connectivity index (χ3v) is 10.1. The maximum atomic E-state index is 11.7. The summed E-state index contributed by atoms with van der Waals surface area (Å²) in [5.74, 6) is 0.745. The molecule has 31 heavy (non-hydrogen) atoms. The molecule has 4 aliphatic rings. The second-order valence-corrected chi connectivity index (χ2v) is 11.5. The van der Waals surface area contributed by atoms with Crippen LogP contribution in [0.25, 0.3) is 0 Å². The van der Waals surface area contributed by atoms with Crippen LogP contribution in [0.1, 0.15) is 86.0 Å². The standard InChI is InChI=1S/C25H40O6/c1-14(30-15(2)26)25(29)11-9-20-19-7-6-17-12-18(31-16(3)27)8-10-23(17,4)22(19)21(28)13-24(20,25)5/h14,17-22,28-29H,6-13H2,1-5H3/t14-,17-,18+,19-,20-,21-,22+,23-,24-,25-/m0/s1. The Morgan fingerprint density at radius 2 is 1.74 bits per heavy atom. The van der Waals surface area contributed by atoms with Crippen LogP contribution in [0.5, 0.6) is 0 Å². The molecule has 0 amide bonds. The summed E-state index contributed by atoms with van der Waals surface area (Å²) < 4.78 is 11.0. The first kappa shape index (κ1) is 23.0. The predicted molar refractivity (Wildman–Crippen MR) is 115 cm³/mol. The van der Waals surface area contributed by atoms with E-state index in [9.17, 15) is 19.8 Å². The Morgan fingerprint density at radius 3 is 2.39 bits per heavy atom. The van der Waals surface area contributed by atoms with Crippen LogP contribution >= 0.6 is 0 Å². The fraction of sp³-hybridized carbons (Fsp3) is 0.920. The van der Waals surface area contributed by atoms with Crippen molar-refractivity contribution in [2.24, 2.45) is 34.5 Å². The Morgan fingerprint density at radius 1 is 1.03 bits per heavy atom. The van der Waals surface area contributed by atoms with Crippen molar-refractivity contribution in [1.82, 2.24) is 0 Å². The monoisotopic (exact) mass is 436 g/mol. The van der Waals surface area contributed by atoms with Crippen LogP contribution in [-0.4, -0.2) is 46.1 Å². The molecule has 6 heteroatoms.